The zero-order chi connectivity index (χ0) is 13.2. The minimum absolute atomic E-state index is 0.0530. The Bertz CT molecular complexity index is 693. The van der Waals surface area contributed by atoms with Crippen LogP contribution in [0.15, 0.2) is 47.2 Å². The van der Waals surface area contributed by atoms with E-state index < -0.39 is 11.6 Å². The second-order valence-electron chi connectivity index (χ2n) is 3.82. The van der Waals surface area contributed by atoms with Crippen molar-refractivity contribution in [2.75, 3.05) is 0 Å². The van der Waals surface area contributed by atoms with Crippen LogP contribution < -0.4 is 0 Å². The lowest BCUT2D eigenvalue weighted by Gasteiger charge is -1.95. The maximum Gasteiger partial charge on any atom is 0.258 e. The molecule has 3 rings (SSSR count). The molecule has 4 nitrogen and oxygen atoms in total. The van der Waals surface area contributed by atoms with Gasteiger partial charge in [0.1, 0.15) is 11.6 Å². The van der Waals surface area contributed by atoms with Crippen molar-refractivity contribution in [3.05, 3.63) is 54.4 Å². The Balaban J connectivity index is 2.02. The lowest BCUT2D eigenvalue weighted by molar-refractivity contribution is 0.431. The van der Waals surface area contributed by atoms with Crippen molar-refractivity contribution in [3.8, 4) is 22.8 Å². The van der Waals surface area contributed by atoms with Gasteiger partial charge in [-0.25, -0.2) is 8.78 Å². The first-order chi connectivity index (χ1) is 9.22. The Hall–Kier alpha value is -2.63. The molecule has 0 radical (unpaired) electrons. The Morgan fingerprint density at radius 2 is 1.79 bits per heavy atom. The van der Waals surface area contributed by atoms with Crippen molar-refractivity contribution in [2.24, 2.45) is 0 Å². The molecule has 3 aromatic rings. The molecule has 6 heteroatoms. The van der Waals surface area contributed by atoms with Crippen LogP contribution in [0.25, 0.3) is 22.8 Å². The fourth-order valence-corrected chi connectivity index (χ4v) is 1.63. The third kappa shape index (κ3) is 2.33. The van der Waals surface area contributed by atoms with E-state index in [0.717, 1.165) is 18.2 Å². The molecular formula is C13H7F2N3O. The van der Waals surface area contributed by atoms with Gasteiger partial charge in [0.25, 0.3) is 5.89 Å². The largest absolute Gasteiger partial charge is 0.334 e. The molecule has 0 unspecified atom stereocenters. The second kappa shape index (κ2) is 4.56. The second-order valence-corrected chi connectivity index (χ2v) is 3.82. The molecule has 1 aromatic carbocycles. The first kappa shape index (κ1) is 11.5. The van der Waals surface area contributed by atoms with Crippen molar-refractivity contribution in [1.82, 2.24) is 15.1 Å². The first-order valence-electron chi connectivity index (χ1n) is 5.43. The molecule has 0 saturated heterocycles. The third-order valence-electron chi connectivity index (χ3n) is 2.46. The quantitative estimate of drug-likeness (QED) is 0.709. The molecule has 0 bridgehead atoms. The number of rotatable bonds is 2. The number of nitrogens with zero attached hydrogens (tertiary/aromatic N) is 3. The van der Waals surface area contributed by atoms with Gasteiger partial charge in [-0.3, -0.25) is 4.98 Å². The van der Waals surface area contributed by atoms with Gasteiger partial charge >= 0.3 is 0 Å². The number of pyridine rings is 1. The van der Waals surface area contributed by atoms with E-state index in [2.05, 4.69) is 15.1 Å². The van der Waals surface area contributed by atoms with E-state index in [1.165, 1.54) is 0 Å². The van der Waals surface area contributed by atoms with Crippen molar-refractivity contribution in [2.45, 2.75) is 0 Å². The normalized spacial score (nSPS) is 10.6. The van der Waals surface area contributed by atoms with Crippen LogP contribution in [0.1, 0.15) is 0 Å². The van der Waals surface area contributed by atoms with Crippen LogP contribution in [0.4, 0.5) is 8.78 Å². The van der Waals surface area contributed by atoms with Crippen LogP contribution in [0.5, 0.6) is 0 Å². The fourth-order valence-electron chi connectivity index (χ4n) is 1.63. The molecule has 0 saturated carbocycles. The van der Waals surface area contributed by atoms with E-state index in [1.54, 1.807) is 24.5 Å². The van der Waals surface area contributed by atoms with E-state index in [0.29, 0.717) is 11.4 Å². The van der Waals surface area contributed by atoms with E-state index in [4.69, 9.17) is 4.52 Å². The van der Waals surface area contributed by atoms with Gasteiger partial charge in [-0.2, -0.15) is 4.98 Å². The van der Waals surface area contributed by atoms with Crippen LogP contribution in [-0.4, -0.2) is 15.1 Å². The molecule has 94 valence electrons. The Morgan fingerprint density at radius 3 is 2.47 bits per heavy atom. The number of hydrogen-bond donors (Lipinski definition) is 0. The average Bonchev–Trinajstić information content (AvgIpc) is 2.88. The van der Waals surface area contributed by atoms with Gasteiger partial charge in [0.2, 0.25) is 5.82 Å². The Labute approximate surface area is 106 Å². The van der Waals surface area contributed by atoms with Gasteiger partial charge in [0.05, 0.1) is 0 Å². The summed E-state index contributed by atoms with van der Waals surface area (Å²) in [6.07, 6.45) is 3.19. The monoisotopic (exact) mass is 259 g/mol. The third-order valence-corrected chi connectivity index (χ3v) is 2.46. The number of benzene rings is 1. The molecule has 0 fully saturated rings. The predicted molar refractivity (Wildman–Crippen MR) is 62.9 cm³/mol. The van der Waals surface area contributed by atoms with E-state index >= 15 is 0 Å². The number of aromatic nitrogens is 3. The lowest BCUT2D eigenvalue weighted by Crippen LogP contribution is -1.85. The highest BCUT2D eigenvalue weighted by atomic mass is 19.1. The SMILES string of the molecule is Fc1cc(F)cc(-c2nc(-c3cccnc3)no2)c1. The highest BCUT2D eigenvalue weighted by molar-refractivity contribution is 5.58. The molecule has 0 aliphatic carbocycles. The van der Waals surface area contributed by atoms with Crippen LogP contribution in [-0.2, 0) is 0 Å². The average molecular weight is 259 g/mol. The summed E-state index contributed by atoms with van der Waals surface area (Å²) < 4.78 is 31.2. The standard InChI is InChI=1S/C13H7F2N3O/c14-10-4-9(5-11(15)6-10)13-17-12(18-19-13)8-2-1-3-16-7-8/h1-7H. The number of hydrogen-bond acceptors (Lipinski definition) is 4. The summed E-state index contributed by atoms with van der Waals surface area (Å²) in [5.41, 5.74) is 0.856. The molecule has 0 spiro atoms. The van der Waals surface area contributed by atoms with Gasteiger partial charge in [0.15, 0.2) is 0 Å². The molecule has 0 aliphatic heterocycles. The summed E-state index contributed by atoms with van der Waals surface area (Å²) in [5, 5.41) is 3.75. The summed E-state index contributed by atoms with van der Waals surface area (Å²) in [7, 11) is 0. The Kier molecular flexibility index (Phi) is 2.75. The van der Waals surface area contributed by atoms with Gasteiger partial charge < -0.3 is 4.52 Å². The Morgan fingerprint density at radius 1 is 1.00 bits per heavy atom. The lowest BCUT2D eigenvalue weighted by atomic mass is 10.2. The van der Waals surface area contributed by atoms with Crippen molar-refractivity contribution in [1.29, 1.82) is 0 Å². The topological polar surface area (TPSA) is 51.8 Å². The molecule has 0 amide bonds. The minimum Gasteiger partial charge on any atom is -0.334 e. The van der Waals surface area contributed by atoms with Crippen molar-refractivity contribution < 1.29 is 13.3 Å². The van der Waals surface area contributed by atoms with Crippen LogP contribution >= 0.6 is 0 Å². The molecule has 19 heavy (non-hydrogen) atoms. The minimum atomic E-state index is -0.698. The fraction of sp³-hybridized carbons (Fsp3) is 0. The van der Waals surface area contributed by atoms with E-state index in [-0.39, 0.29) is 11.5 Å². The summed E-state index contributed by atoms with van der Waals surface area (Å²) in [6, 6.07) is 6.52. The van der Waals surface area contributed by atoms with Crippen LogP contribution in [0.3, 0.4) is 0 Å². The van der Waals surface area contributed by atoms with Crippen LogP contribution in [0, 0.1) is 11.6 Å². The highest BCUT2D eigenvalue weighted by Crippen LogP contribution is 2.23. The maximum atomic E-state index is 13.1. The van der Waals surface area contributed by atoms with E-state index in [9.17, 15) is 8.78 Å². The summed E-state index contributed by atoms with van der Waals surface area (Å²) in [5.74, 6) is -1.03. The molecule has 0 atom stereocenters. The summed E-state index contributed by atoms with van der Waals surface area (Å²) in [6.45, 7) is 0. The van der Waals surface area contributed by atoms with Gasteiger partial charge in [0, 0.05) is 29.6 Å². The van der Waals surface area contributed by atoms with Gasteiger partial charge in [-0.1, -0.05) is 5.16 Å². The zero-order valence-corrected chi connectivity index (χ0v) is 9.55. The molecule has 2 heterocycles. The molecule has 0 N–H and O–H groups in total. The predicted octanol–water partition coefficient (Wildman–Crippen LogP) is 3.08. The molecule has 2 aromatic heterocycles. The van der Waals surface area contributed by atoms with Crippen molar-refractivity contribution >= 4 is 0 Å². The van der Waals surface area contributed by atoms with E-state index in [1.807, 2.05) is 0 Å². The van der Waals surface area contributed by atoms with Crippen molar-refractivity contribution in [3.63, 3.8) is 0 Å². The van der Waals surface area contributed by atoms with Gasteiger partial charge in [-0.05, 0) is 24.3 Å². The number of halogens is 2. The summed E-state index contributed by atoms with van der Waals surface area (Å²) in [4.78, 5) is 8.01. The molecule has 0 aliphatic rings. The smallest absolute Gasteiger partial charge is 0.258 e. The van der Waals surface area contributed by atoms with Crippen LogP contribution in [0.2, 0.25) is 0 Å². The maximum absolute atomic E-state index is 13.1. The highest BCUT2D eigenvalue weighted by Gasteiger charge is 2.12. The first-order valence-corrected chi connectivity index (χ1v) is 5.43. The summed E-state index contributed by atoms with van der Waals surface area (Å²) >= 11 is 0. The zero-order valence-electron chi connectivity index (χ0n) is 9.55. The molecular weight excluding hydrogens is 252 g/mol. The van der Waals surface area contributed by atoms with Gasteiger partial charge in [-0.15, -0.1) is 0 Å².